The number of carbonyl (C=O) groups is 1. The van der Waals surface area contributed by atoms with Gasteiger partial charge in [0.1, 0.15) is 5.82 Å². The molecule has 0 radical (unpaired) electrons. The Morgan fingerprint density at radius 1 is 1.09 bits per heavy atom. The summed E-state index contributed by atoms with van der Waals surface area (Å²) < 4.78 is 47.0. The number of morpholine rings is 1. The molecule has 1 fully saturated rings. The highest BCUT2D eigenvalue weighted by Gasteiger charge is 2.31. The Hall–Kier alpha value is -2.85. The van der Waals surface area contributed by atoms with Gasteiger partial charge >= 0.3 is 6.18 Å². The Balaban J connectivity index is 1.63. The fraction of sp³-hybridized carbons (Fsp3) is 0.375. The van der Waals surface area contributed by atoms with Crippen LogP contribution in [0.3, 0.4) is 0 Å². The molecular weight excluding hydrogens is 465 g/mol. The van der Waals surface area contributed by atoms with Crippen molar-refractivity contribution in [3.63, 3.8) is 0 Å². The Bertz CT molecular complexity index is 1160. The smallest absolute Gasteiger partial charge is 0.378 e. The van der Waals surface area contributed by atoms with Crippen LogP contribution in [0, 0.1) is 0 Å². The number of benzene rings is 2. The summed E-state index contributed by atoms with van der Waals surface area (Å²) in [7, 11) is 0. The summed E-state index contributed by atoms with van der Waals surface area (Å²) in [5.41, 5.74) is 1.05. The highest BCUT2D eigenvalue weighted by molar-refractivity contribution is 7.98. The van der Waals surface area contributed by atoms with Crippen molar-refractivity contribution in [1.82, 2.24) is 19.7 Å². The molecule has 1 aromatic heterocycles. The molecule has 1 saturated heterocycles. The van der Waals surface area contributed by atoms with Crippen molar-refractivity contribution >= 4 is 17.7 Å². The number of carbonyl (C=O) groups excluding carboxylic acids is 1. The summed E-state index contributed by atoms with van der Waals surface area (Å²) in [4.78, 5) is 14.8. The molecule has 0 aliphatic carbocycles. The summed E-state index contributed by atoms with van der Waals surface area (Å²) in [5, 5.41) is 8.99. The first-order valence-corrected chi connectivity index (χ1v) is 11.9. The van der Waals surface area contributed by atoms with Crippen molar-refractivity contribution in [3.8, 4) is 5.69 Å². The molecule has 1 aliphatic heterocycles. The zero-order valence-corrected chi connectivity index (χ0v) is 19.7. The van der Waals surface area contributed by atoms with Gasteiger partial charge in [-0.15, -0.1) is 10.2 Å². The Morgan fingerprint density at radius 2 is 1.82 bits per heavy atom. The first-order chi connectivity index (χ1) is 16.3. The molecule has 1 aliphatic rings. The SMILES string of the molecule is CC(C)c1nnc(SCc2ccccc2C(=O)N2CCOCC2)n1-c1cccc(C(F)(F)F)c1. The maximum absolute atomic E-state index is 13.3. The number of aromatic nitrogens is 3. The molecule has 0 spiro atoms. The van der Waals surface area contributed by atoms with Crippen molar-refractivity contribution in [3.05, 3.63) is 71.0 Å². The minimum atomic E-state index is -4.45. The van der Waals surface area contributed by atoms with Gasteiger partial charge in [0.15, 0.2) is 5.16 Å². The Kier molecular flexibility index (Phi) is 7.27. The zero-order chi connectivity index (χ0) is 24.3. The van der Waals surface area contributed by atoms with E-state index < -0.39 is 11.7 Å². The lowest BCUT2D eigenvalue weighted by atomic mass is 10.1. The van der Waals surface area contributed by atoms with Crippen LogP contribution in [-0.2, 0) is 16.7 Å². The molecule has 6 nitrogen and oxygen atoms in total. The Morgan fingerprint density at radius 3 is 2.53 bits per heavy atom. The van der Waals surface area contributed by atoms with Crippen LogP contribution in [0.5, 0.6) is 0 Å². The molecule has 1 amide bonds. The van der Waals surface area contributed by atoms with E-state index in [2.05, 4.69) is 10.2 Å². The second kappa shape index (κ2) is 10.2. The fourth-order valence-electron chi connectivity index (χ4n) is 3.75. The van der Waals surface area contributed by atoms with Crippen LogP contribution in [0.1, 0.15) is 47.1 Å². The second-order valence-electron chi connectivity index (χ2n) is 8.23. The number of alkyl halides is 3. The summed E-state index contributed by atoms with van der Waals surface area (Å²) in [6.45, 7) is 5.95. The van der Waals surface area contributed by atoms with Crippen molar-refractivity contribution < 1.29 is 22.7 Å². The van der Waals surface area contributed by atoms with Gasteiger partial charge in [-0.2, -0.15) is 13.2 Å². The van der Waals surface area contributed by atoms with Crippen LogP contribution in [0.25, 0.3) is 5.69 Å². The van der Waals surface area contributed by atoms with Gasteiger partial charge < -0.3 is 9.64 Å². The van der Waals surface area contributed by atoms with E-state index in [4.69, 9.17) is 4.74 Å². The molecule has 2 aromatic carbocycles. The number of nitrogens with zero attached hydrogens (tertiary/aromatic N) is 4. The predicted octanol–water partition coefficient (Wildman–Crippen LogP) is 5.17. The largest absolute Gasteiger partial charge is 0.416 e. The highest BCUT2D eigenvalue weighted by Crippen LogP contribution is 2.33. The minimum absolute atomic E-state index is 0.0495. The summed E-state index contributed by atoms with van der Waals surface area (Å²) in [6.07, 6.45) is -4.45. The first-order valence-electron chi connectivity index (χ1n) is 11.0. The minimum Gasteiger partial charge on any atom is -0.378 e. The second-order valence-corrected chi connectivity index (χ2v) is 9.17. The summed E-state index contributed by atoms with van der Waals surface area (Å²) in [5.74, 6) is 0.884. The fourth-order valence-corrected chi connectivity index (χ4v) is 4.71. The average Bonchev–Trinajstić information content (AvgIpc) is 3.27. The van der Waals surface area contributed by atoms with Gasteiger partial charge in [0, 0.05) is 30.3 Å². The van der Waals surface area contributed by atoms with Crippen molar-refractivity contribution in [2.45, 2.75) is 36.9 Å². The van der Waals surface area contributed by atoms with E-state index in [1.165, 1.54) is 17.8 Å². The zero-order valence-electron chi connectivity index (χ0n) is 18.9. The topological polar surface area (TPSA) is 60.3 Å². The number of hydrogen-bond donors (Lipinski definition) is 0. The van der Waals surface area contributed by atoms with Crippen LogP contribution < -0.4 is 0 Å². The number of rotatable bonds is 6. The number of thioether (sulfide) groups is 1. The van der Waals surface area contributed by atoms with Crippen LogP contribution in [0.4, 0.5) is 13.2 Å². The third kappa shape index (κ3) is 5.28. The molecule has 4 rings (SSSR count). The van der Waals surface area contributed by atoms with Crippen LogP contribution >= 0.6 is 11.8 Å². The molecular formula is C24H25F3N4O2S. The third-order valence-corrected chi connectivity index (χ3v) is 6.49. The number of amides is 1. The van der Waals surface area contributed by atoms with Crippen LogP contribution in [0.15, 0.2) is 53.7 Å². The van der Waals surface area contributed by atoms with Crippen molar-refractivity contribution in [2.75, 3.05) is 26.3 Å². The standard InChI is InChI=1S/C24H25F3N4O2S/c1-16(2)21-28-29-23(31(21)19-8-5-7-18(14-19)24(25,26)27)34-15-17-6-3-4-9-20(17)22(32)30-10-12-33-13-11-30/h3-9,14,16H,10-13,15H2,1-2H3. The normalized spacial score (nSPS) is 14.6. The van der Waals surface area contributed by atoms with E-state index in [1.807, 2.05) is 32.0 Å². The molecule has 0 bridgehead atoms. The lowest BCUT2D eigenvalue weighted by molar-refractivity contribution is -0.137. The van der Waals surface area contributed by atoms with E-state index in [-0.39, 0.29) is 11.8 Å². The van der Waals surface area contributed by atoms with E-state index in [0.29, 0.717) is 54.3 Å². The van der Waals surface area contributed by atoms with E-state index in [9.17, 15) is 18.0 Å². The van der Waals surface area contributed by atoms with Crippen LogP contribution in [0.2, 0.25) is 0 Å². The van der Waals surface area contributed by atoms with Gasteiger partial charge in [0.05, 0.1) is 24.5 Å². The molecule has 0 N–H and O–H groups in total. The maximum atomic E-state index is 13.3. The maximum Gasteiger partial charge on any atom is 0.416 e. The molecule has 34 heavy (non-hydrogen) atoms. The Labute approximate surface area is 200 Å². The monoisotopic (exact) mass is 490 g/mol. The number of halogens is 3. The summed E-state index contributed by atoms with van der Waals surface area (Å²) in [6, 6.07) is 12.5. The average molecular weight is 491 g/mol. The summed E-state index contributed by atoms with van der Waals surface area (Å²) >= 11 is 1.34. The van der Waals surface area contributed by atoms with Gasteiger partial charge in [-0.25, -0.2) is 0 Å². The molecule has 180 valence electrons. The van der Waals surface area contributed by atoms with E-state index in [1.54, 1.807) is 21.6 Å². The molecule has 3 aromatic rings. The lowest BCUT2D eigenvalue weighted by Gasteiger charge is -2.27. The van der Waals surface area contributed by atoms with Crippen LogP contribution in [-0.4, -0.2) is 51.9 Å². The van der Waals surface area contributed by atoms with Gasteiger partial charge in [-0.1, -0.05) is 49.9 Å². The molecule has 2 heterocycles. The number of hydrogen-bond acceptors (Lipinski definition) is 5. The molecule has 0 unspecified atom stereocenters. The van der Waals surface area contributed by atoms with Gasteiger partial charge in [0.25, 0.3) is 5.91 Å². The predicted molar refractivity (Wildman–Crippen MR) is 123 cm³/mol. The quantitative estimate of drug-likeness (QED) is 0.446. The highest BCUT2D eigenvalue weighted by atomic mass is 32.2. The van der Waals surface area contributed by atoms with Crippen molar-refractivity contribution in [1.29, 1.82) is 0 Å². The lowest BCUT2D eigenvalue weighted by Crippen LogP contribution is -2.41. The van der Waals surface area contributed by atoms with Gasteiger partial charge in [0.2, 0.25) is 0 Å². The van der Waals surface area contributed by atoms with E-state index in [0.717, 1.165) is 17.7 Å². The van der Waals surface area contributed by atoms with E-state index >= 15 is 0 Å². The third-order valence-electron chi connectivity index (χ3n) is 5.51. The van der Waals surface area contributed by atoms with Crippen molar-refractivity contribution in [2.24, 2.45) is 0 Å². The number of ether oxygens (including phenoxy) is 1. The van der Waals surface area contributed by atoms with Gasteiger partial charge in [-0.3, -0.25) is 9.36 Å². The van der Waals surface area contributed by atoms with Gasteiger partial charge in [-0.05, 0) is 29.8 Å². The molecule has 0 atom stereocenters. The first kappa shape index (κ1) is 24.3. The molecule has 10 heteroatoms. The molecule has 0 saturated carbocycles.